The zero-order chi connectivity index (χ0) is 18.2. The number of ether oxygens (including phenoxy) is 2. The summed E-state index contributed by atoms with van der Waals surface area (Å²) in [6.07, 6.45) is 0. The third-order valence-corrected chi connectivity index (χ3v) is 6.56. The van der Waals surface area contributed by atoms with Crippen molar-refractivity contribution >= 4 is 38.8 Å². The minimum atomic E-state index is -3.21. The van der Waals surface area contributed by atoms with Crippen molar-refractivity contribution in [1.82, 2.24) is 4.90 Å². The summed E-state index contributed by atoms with van der Waals surface area (Å²) >= 11 is 5.58. The van der Waals surface area contributed by atoms with Crippen molar-refractivity contribution in [2.75, 3.05) is 36.7 Å². The number of anilines is 1. The van der Waals surface area contributed by atoms with Gasteiger partial charge in [-0.2, -0.15) is 0 Å². The Balaban J connectivity index is 1.98. The number of thiocarbonyl (C=S) groups is 1. The fourth-order valence-electron chi connectivity index (χ4n) is 3.42. The molecule has 2 unspecified atom stereocenters. The first-order chi connectivity index (χ1) is 11.9. The molecule has 0 aliphatic carbocycles. The number of sulfone groups is 1. The van der Waals surface area contributed by atoms with Crippen LogP contribution in [-0.2, 0) is 19.4 Å². The van der Waals surface area contributed by atoms with E-state index in [1.807, 2.05) is 18.2 Å². The lowest BCUT2D eigenvalue weighted by Crippen LogP contribution is -2.41. The van der Waals surface area contributed by atoms with Crippen molar-refractivity contribution in [2.45, 2.75) is 19.0 Å². The number of hydrogen-bond donors (Lipinski definition) is 0. The number of esters is 1. The number of para-hydroxylation sites is 2. The third kappa shape index (κ3) is 3.30. The summed E-state index contributed by atoms with van der Waals surface area (Å²) in [4.78, 5) is 15.4. The van der Waals surface area contributed by atoms with E-state index in [0.717, 1.165) is 0 Å². The van der Waals surface area contributed by atoms with Crippen molar-refractivity contribution in [2.24, 2.45) is 0 Å². The molecule has 0 radical (unpaired) electrons. The summed E-state index contributed by atoms with van der Waals surface area (Å²) in [6.45, 7) is 1.93. The molecular weight excluding hydrogens is 364 g/mol. The van der Waals surface area contributed by atoms with Gasteiger partial charge in [0.05, 0.1) is 43.0 Å². The molecule has 7 nitrogen and oxygen atoms in total. The van der Waals surface area contributed by atoms with Crippen LogP contribution >= 0.6 is 12.2 Å². The minimum absolute atomic E-state index is 0.00478. The van der Waals surface area contributed by atoms with Gasteiger partial charge in [0, 0.05) is 0 Å². The van der Waals surface area contributed by atoms with Crippen LogP contribution in [0.25, 0.3) is 0 Å². The molecule has 1 aromatic carbocycles. The molecule has 0 amide bonds. The molecular formula is C16H20N2O5S2. The number of methoxy groups -OCH3 is 1. The van der Waals surface area contributed by atoms with Crippen LogP contribution in [0.3, 0.4) is 0 Å². The van der Waals surface area contributed by atoms with Crippen molar-refractivity contribution < 1.29 is 22.7 Å². The third-order valence-electron chi connectivity index (χ3n) is 4.43. The summed E-state index contributed by atoms with van der Waals surface area (Å²) < 4.78 is 34.8. The first kappa shape index (κ1) is 17.9. The van der Waals surface area contributed by atoms with Crippen LogP contribution in [0.1, 0.15) is 6.92 Å². The molecule has 2 heterocycles. The van der Waals surface area contributed by atoms with Gasteiger partial charge < -0.3 is 19.3 Å². The molecule has 2 fully saturated rings. The Labute approximate surface area is 152 Å². The molecule has 2 aliphatic rings. The maximum absolute atomic E-state index is 12.2. The van der Waals surface area contributed by atoms with E-state index in [2.05, 4.69) is 0 Å². The summed E-state index contributed by atoms with van der Waals surface area (Å²) in [5.41, 5.74) is 0.702. The normalized spacial score (nSPS) is 24.3. The number of hydrogen-bond acceptors (Lipinski definition) is 6. The first-order valence-corrected chi connectivity index (χ1v) is 10.2. The molecule has 9 heteroatoms. The molecule has 136 valence electrons. The number of benzene rings is 1. The molecule has 2 aliphatic heterocycles. The summed E-state index contributed by atoms with van der Waals surface area (Å²) in [6, 6.07) is 6.59. The summed E-state index contributed by atoms with van der Waals surface area (Å²) in [5, 5.41) is 0.419. The fourth-order valence-corrected chi connectivity index (χ4v) is 5.80. The molecule has 0 bridgehead atoms. The van der Waals surface area contributed by atoms with Gasteiger partial charge in [0.15, 0.2) is 14.9 Å². The molecule has 0 N–H and O–H groups in total. The number of nitrogens with zero attached hydrogens (tertiary/aromatic N) is 2. The van der Waals surface area contributed by atoms with E-state index in [-0.39, 0.29) is 36.7 Å². The van der Waals surface area contributed by atoms with Gasteiger partial charge >= 0.3 is 5.97 Å². The quantitative estimate of drug-likeness (QED) is 0.546. The van der Waals surface area contributed by atoms with Crippen LogP contribution in [0.2, 0.25) is 0 Å². The molecule has 1 aromatic rings. The highest BCUT2D eigenvalue weighted by Crippen LogP contribution is 2.39. The predicted molar refractivity (Wildman–Crippen MR) is 97.6 cm³/mol. The lowest BCUT2D eigenvalue weighted by Gasteiger charge is -2.26. The highest BCUT2D eigenvalue weighted by molar-refractivity contribution is 7.91. The Morgan fingerprint density at radius 1 is 1.28 bits per heavy atom. The Morgan fingerprint density at radius 2 is 1.96 bits per heavy atom. The number of carbonyl (C=O) groups is 1. The van der Waals surface area contributed by atoms with Crippen LogP contribution in [-0.4, -0.2) is 68.3 Å². The van der Waals surface area contributed by atoms with Gasteiger partial charge in [-0.3, -0.25) is 4.79 Å². The summed E-state index contributed by atoms with van der Waals surface area (Å²) in [5.74, 6) is 0.151. The van der Waals surface area contributed by atoms with Crippen LogP contribution in [0.4, 0.5) is 5.69 Å². The lowest BCUT2D eigenvalue weighted by atomic mass is 10.1. The minimum Gasteiger partial charge on any atom is -0.495 e. The van der Waals surface area contributed by atoms with Crippen LogP contribution in [0.15, 0.2) is 24.3 Å². The Hall–Kier alpha value is -1.87. The molecule has 0 saturated carbocycles. The van der Waals surface area contributed by atoms with Crippen LogP contribution < -0.4 is 9.64 Å². The van der Waals surface area contributed by atoms with Crippen LogP contribution in [0.5, 0.6) is 5.75 Å². The van der Waals surface area contributed by atoms with Gasteiger partial charge in [-0.15, -0.1) is 0 Å². The molecule has 3 rings (SSSR count). The van der Waals surface area contributed by atoms with Crippen molar-refractivity contribution in [3.63, 3.8) is 0 Å². The smallest absolute Gasteiger partial charge is 0.325 e. The van der Waals surface area contributed by atoms with Crippen molar-refractivity contribution in [3.8, 4) is 5.75 Å². The molecule has 2 atom stereocenters. The maximum Gasteiger partial charge on any atom is 0.325 e. The van der Waals surface area contributed by atoms with Gasteiger partial charge in [-0.25, -0.2) is 8.42 Å². The number of fused-ring (bicyclic) bond motifs is 1. The Bertz CT molecular complexity index is 795. The molecule has 0 spiro atoms. The van der Waals surface area contributed by atoms with Gasteiger partial charge in [0.2, 0.25) is 0 Å². The SMILES string of the molecule is CCOC(=O)CN1C(=S)N(c2ccccc2OC)C2CS(=O)(=O)CC21. The molecule has 0 aromatic heterocycles. The highest BCUT2D eigenvalue weighted by atomic mass is 32.2. The van der Waals surface area contributed by atoms with E-state index in [4.69, 9.17) is 21.7 Å². The monoisotopic (exact) mass is 384 g/mol. The zero-order valence-corrected chi connectivity index (χ0v) is 15.7. The maximum atomic E-state index is 12.2. The van der Waals surface area contributed by atoms with Gasteiger partial charge in [-0.05, 0) is 31.3 Å². The van der Waals surface area contributed by atoms with E-state index in [9.17, 15) is 13.2 Å². The Morgan fingerprint density at radius 3 is 2.64 bits per heavy atom. The van der Waals surface area contributed by atoms with Gasteiger partial charge in [-0.1, -0.05) is 12.1 Å². The lowest BCUT2D eigenvalue weighted by molar-refractivity contribution is -0.143. The largest absolute Gasteiger partial charge is 0.495 e. The van der Waals surface area contributed by atoms with Crippen molar-refractivity contribution in [3.05, 3.63) is 24.3 Å². The van der Waals surface area contributed by atoms with Crippen molar-refractivity contribution in [1.29, 1.82) is 0 Å². The Kier molecular flexibility index (Phi) is 4.88. The predicted octanol–water partition coefficient (Wildman–Crippen LogP) is 0.831. The second kappa shape index (κ2) is 6.80. The molecule has 25 heavy (non-hydrogen) atoms. The summed E-state index contributed by atoms with van der Waals surface area (Å²) in [7, 11) is -1.65. The first-order valence-electron chi connectivity index (χ1n) is 7.97. The standard InChI is InChI=1S/C16H20N2O5S2/c1-3-23-15(19)8-17-12-9-25(20,21)10-13(12)18(16(17)24)11-6-4-5-7-14(11)22-2/h4-7,12-13H,3,8-10H2,1-2H3. The van der Waals surface area contributed by atoms with Crippen LogP contribution in [0, 0.1) is 0 Å². The number of carbonyl (C=O) groups excluding carboxylic acids is 1. The van der Waals surface area contributed by atoms with Gasteiger partial charge in [0.25, 0.3) is 0 Å². The highest BCUT2D eigenvalue weighted by Gasteiger charge is 2.53. The van der Waals surface area contributed by atoms with E-state index < -0.39 is 15.8 Å². The molecule has 2 saturated heterocycles. The topological polar surface area (TPSA) is 76.2 Å². The van der Waals surface area contributed by atoms with E-state index in [0.29, 0.717) is 16.5 Å². The van der Waals surface area contributed by atoms with E-state index >= 15 is 0 Å². The number of rotatable bonds is 5. The average molecular weight is 384 g/mol. The zero-order valence-electron chi connectivity index (χ0n) is 14.0. The van der Waals surface area contributed by atoms with E-state index in [1.54, 1.807) is 29.9 Å². The fraction of sp³-hybridized carbons (Fsp3) is 0.500. The average Bonchev–Trinajstić information content (AvgIpc) is 2.99. The van der Waals surface area contributed by atoms with E-state index in [1.165, 1.54) is 0 Å². The van der Waals surface area contributed by atoms with Gasteiger partial charge in [0.1, 0.15) is 12.3 Å². The second-order valence-corrected chi connectivity index (χ2v) is 8.49. The second-order valence-electron chi connectivity index (χ2n) is 5.97.